The molecule has 0 saturated heterocycles. The molecule has 1 aliphatic carbocycles. The average molecular weight is 349 g/mol. The number of nitrogens with zero attached hydrogens (tertiary/aromatic N) is 1. The van der Waals surface area contributed by atoms with Gasteiger partial charge in [0.05, 0.1) is 4.92 Å². The third kappa shape index (κ3) is 5.92. The first-order chi connectivity index (χ1) is 11.6. The van der Waals surface area contributed by atoms with Gasteiger partial charge in [0, 0.05) is 29.9 Å². The van der Waals surface area contributed by atoms with E-state index in [4.69, 9.17) is 4.74 Å². The number of alkyl carbamates (subject to hydrolysis) is 1. The van der Waals surface area contributed by atoms with E-state index in [1.807, 2.05) is 27.7 Å². The summed E-state index contributed by atoms with van der Waals surface area (Å²) in [6.07, 6.45) is 3.22. The van der Waals surface area contributed by atoms with Crippen molar-refractivity contribution < 1.29 is 14.5 Å². The van der Waals surface area contributed by atoms with Gasteiger partial charge in [-0.15, -0.1) is 0 Å². The molecule has 7 heteroatoms. The first-order valence-electron chi connectivity index (χ1n) is 8.65. The summed E-state index contributed by atoms with van der Waals surface area (Å²) in [5.41, 5.74) is 1.30. The summed E-state index contributed by atoms with van der Waals surface area (Å²) in [6.45, 7) is 7.43. The maximum Gasteiger partial charge on any atom is 0.407 e. The molecule has 138 valence electrons. The Morgan fingerprint density at radius 2 is 1.96 bits per heavy atom. The number of non-ortho nitro benzene ring substituents is 1. The summed E-state index contributed by atoms with van der Waals surface area (Å²) in [5.74, 6) is 0. The fraction of sp³-hybridized carbons (Fsp3) is 0.611. The second-order valence-electron chi connectivity index (χ2n) is 7.61. The number of aryl methyl sites for hydroxylation is 1. The van der Waals surface area contributed by atoms with Crippen LogP contribution in [0.25, 0.3) is 0 Å². The first-order valence-corrected chi connectivity index (χ1v) is 8.65. The van der Waals surface area contributed by atoms with Crippen LogP contribution in [0, 0.1) is 17.0 Å². The summed E-state index contributed by atoms with van der Waals surface area (Å²) in [7, 11) is 0. The lowest BCUT2D eigenvalue weighted by Gasteiger charge is -2.32. The maximum absolute atomic E-state index is 11.9. The van der Waals surface area contributed by atoms with E-state index in [0.717, 1.165) is 36.9 Å². The van der Waals surface area contributed by atoms with Crippen molar-refractivity contribution in [2.45, 2.75) is 71.1 Å². The van der Waals surface area contributed by atoms with E-state index in [0.29, 0.717) is 0 Å². The number of amides is 1. The minimum Gasteiger partial charge on any atom is -0.444 e. The molecule has 1 aromatic rings. The molecule has 0 bridgehead atoms. The monoisotopic (exact) mass is 349 g/mol. The predicted octanol–water partition coefficient (Wildman–Crippen LogP) is 4.15. The predicted molar refractivity (Wildman–Crippen MR) is 96.9 cm³/mol. The molecule has 2 rings (SSSR count). The van der Waals surface area contributed by atoms with Crippen LogP contribution in [0.1, 0.15) is 52.0 Å². The second-order valence-corrected chi connectivity index (χ2v) is 7.61. The van der Waals surface area contributed by atoms with Crippen LogP contribution in [-0.2, 0) is 4.74 Å². The molecule has 0 radical (unpaired) electrons. The molecule has 1 amide bonds. The topological polar surface area (TPSA) is 93.5 Å². The second kappa shape index (κ2) is 7.72. The molecule has 7 nitrogen and oxygen atoms in total. The van der Waals surface area contributed by atoms with Gasteiger partial charge in [-0.1, -0.05) is 6.07 Å². The summed E-state index contributed by atoms with van der Waals surface area (Å²) >= 11 is 0. The Morgan fingerprint density at radius 1 is 1.28 bits per heavy atom. The minimum atomic E-state index is -0.517. The summed E-state index contributed by atoms with van der Waals surface area (Å²) in [6, 6.07) is 5.03. The number of carbonyl (C=O) groups excluding carboxylic acids is 1. The highest BCUT2D eigenvalue weighted by molar-refractivity contribution is 5.68. The van der Waals surface area contributed by atoms with Crippen LogP contribution in [0.5, 0.6) is 0 Å². The van der Waals surface area contributed by atoms with Crippen LogP contribution in [0.15, 0.2) is 18.2 Å². The number of ether oxygens (including phenoxy) is 1. The fourth-order valence-corrected chi connectivity index (χ4v) is 3.03. The normalized spacial score (nSPS) is 20.6. The van der Waals surface area contributed by atoms with Gasteiger partial charge in [-0.2, -0.15) is 0 Å². The third-order valence-corrected chi connectivity index (χ3v) is 4.19. The molecule has 1 fully saturated rings. The zero-order chi connectivity index (χ0) is 18.6. The van der Waals surface area contributed by atoms with E-state index < -0.39 is 16.6 Å². The molecule has 0 heterocycles. The maximum atomic E-state index is 11.9. The van der Waals surface area contributed by atoms with Gasteiger partial charge in [-0.05, 0) is 58.9 Å². The Bertz CT molecular complexity index is 640. The number of nitro benzene ring substituents is 1. The Kier molecular flexibility index (Phi) is 5.87. The smallest absolute Gasteiger partial charge is 0.407 e. The lowest BCUT2D eigenvalue weighted by molar-refractivity contribution is -0.384. The van der Waals surface area contributed by atoms with Gasteiger partial charge < -0.3 is 15.4 Å². The van der Waals surface area contributed by atoms with Gasteiger partial charge in [0.1, 0.15) is 5.60 Å². The largest absolute Gasteiger partial charge is 0.444 e. The van der Waals surface area contributed by atoms with Crippen LogP contribution in [-0.4, -0.2) is 28.7 Å². The number of rotatable bonds is 4. The number of benzene rings is 1. The lowest BCUT2D eigenvalue weighted by atomic mass is 9.90. The number of nitrogens with one attached hydrogen (secondary N) is 2. The van der Waals surface area contributed by atoms with E-state index >= 15 is 0 Å². The van der Waals surface area contributed by atoms with Crippen molar-refractivity contribution in [2.75, 3.05) is 5.32 Å². The number of hydrogen-bond donors (Lipinski definition) is 2. The number of nitro groups is 1. The molecular weight excluding hydrogens is 322 g/mol. The SMILES string of the molecule is Cc1ccc([N+](=O)[O-])cc1NC1CCCC(NC(=O)OC(C)(C)C)C1. The van der Waals surface area contributed by atoms with Crippen molar-refractivity contribution in [1.29, 1.82) is 0 Å². The van der Waals surface area contributed by atoms with E-state index in [9.17, 15) is 14.9 Å². The molecule has 1 saturated carbocycles. The van der Waals surface area contributed by atoms with Gasteiger partial charge in [0.15, 0.2) is 0 Å². The van der Waals surface area contributed by atoms with Gasteiger partial charge in [-0.3, -0.25) is 10.1 Å². The van der Waals surface area contributed by atoms with Crippen molar-refractivity contribution in [2.24, 2.45) is 0 Å². The van der Waals surface area contributed by atoms with Crippen molar-refractivity contribution in [3.63, 3.8) is 0 Å². The Balaban J connectivity index is 1.96. The number of carbonyl (C=O) groups is 1. The first kappa shape index (κ1) is 19.0. The zero-order valence-corrected chi connectivity index (χ0v) is 15.3. The Morgan fingerprint density at radius 3 is 2.60 bits per heavy atom. The molecule has 0 aliphatic heterocycles. The van der Waals surface area contributed by atoms with Gasteiger partial charge in [0.25, 0.3) is 5.69 Å². The zero-order valence-electron chi connectivity index (χ0n) is 15.3. The number of hydrogen-bond acceptors (Lipinski definition) is 5. The van der Waals surface area contributed by atoms with Crippen LogP contribution in [0.3, 0.4) is 0 Å². The molecule has 1 aliphatic rings. The van der Waals surface area contributed by atoms with E-state index in [1.165, 1.54) is 6.07 Å². The van der Waals surface area contributed by atoms with Crippen molar-refractivity contribution in [1.82, 2.24) is 5.32 Å². The Labute approximate surface area is 148 Å². The molecule has 25 heavy (non-hydrogen) atoms. The van der Waals surface area contributed by atoms with E-state index in [1.54, 1.807) is 12.1 Å². The van der Waals surface area contributed by atoms with Crippen LogP contribution in [0.4, 0.5) is 16.2 Å². The Hall–Kier alpha value is -2.31. The van der Waals surface area contributed by atoms with Crippen molar-refractivity contribution >= 4 is 17.5 Å². The van der Waals surface area contributed by atoms with Crippen molar-refractivity contribution in [3.8, 4) is 0 Å². The molecule has 0 aromatic heterocycles. The minimum absolute atomic E-state index is 0.0418. The lowest BCUT2D eigenvalue weighted by Crippen LogP contribution is -2.43. The fourth-order valence-electron chi connectivity index (χ4n) is 3.03. The highest BCUT2D eigenvalue weighted by atomic mass is 16.6. The molecular formula is C18H27N3O4. The highest BCUT2D eigenvalue weighted by Crippen LogP contribution is 2.27. The van der Waals surface area contributed by atoms with Gasteiger partial charge in [-0.25, -0.2) is 4.79 Å². The summed E-state index contributed by atoms with van der Waals surface area (Å²) in [4.78, 5) is 22.5. The molecule has 0 spiro atoms. The quantitative estimate of drug-likeness (QED) is 0.629. The van der Waals surface area contributed by atoms with Crippen molar-refractivity contribution in [3.05, 3.63) is 33.9 Å². The highest BCUT2D eigenvalue weighted by Gasteiger charge is 2.26. The summed E-state index contributed by atoms with van der Waals surface area (Å²) in [5, 5.41) is 17.3. The number of anilines is 1. The molecule has 2 unspecified atom stereocenters. The average Bonchev–Trinajstić information content (AvgIpc) is 2.47. The molecule has 1 aromatic carbocycles. The van der Waals surface area contributed by atoms with E-state index in [-0.39, 0.29) is 17.8 Å². The van der Waals surface area contributed by atoms with Gasteiger partial charge >= 0.3 is 6.09 Å². The van der Waals surface area contributed by atoms with Gasteiger partial charge in [0.2, 0.25) is 0 Å². The molecule has 2 N–H and O–H groups in total. The molecule has 2 atom stereocenters. The summed E-state index contributed by atoms with van der Waals surface area (Å²) < 4.78 is 5.31. The van der Waals surface area contributed by atoms with E-state index in [2.05, 4.69) is 10.6 Å². The standard InChI is InChI=1S/C18H27N3O4/c1-12-8-9-15(21(23)24)11-16(12)19-13-6-5-7-14(10-13)20-17(22)25-18(2,3)4/h8-9,11,13-14,19H,5-7,10H2,1-4H3,(H,20,22). The van der Waals surface area contributed by atoms with Crippen LogP contribution >= 0.6 is 0 Å². The third-order valence-electron chi connectivity index (χ3n) is 4.19. The van der Waals surface area contributed by atoms with Crippen LogP contribution in [0.2, 0.25) is 0 Å². The van der Waals surface area contributed by atoms with Crippen LogP contribution < -0.4 is 10.6 Å².